The van der Waals surface area contributed by atoms with Crippen LogP contribution < -0.4 is 15.4 Å². The molecule has 0 spiro atoms. The van der Waals surface area contributed by atoms with Crippen LogP contribution in [0.25, 0.3) is 11.3 Å². The molecule has 2 atom stereocenters. The number of hydrogen-bond acceptors (Lipinski definition) is 9. The highest BCUT2D eigenvalue weighted by atomic mass is 16.5. The van der Waals surface area contributed by atoms with Crippen molar-refractivity contribution in [3.63, 3.8) is 0 Å². The number of ether oxygens (including phenoxy) is 2. The molecule has 0 fully saturated rings. The first kappa shape index (κ1) is 34.3. The molecule has 12 heteroatoms. The van der Waals surface area contributed by atoms with Crippen molar-refractivity contribution in [2.24, 2.45) is 5.92 Å². The monoisotopic (exact) mass is 588 g/mol. The molecule has 0 aliphatic rings. The van der Waals surface area contributed by atoms with Crippen molar-refractivity contribution >= 4 is 24.2 Å². The van der Waals surface area contributed by atoms with Gasteiger partial charge in [-0.2, -0.15) is 0 Å². The average molecular weight is 589 g/mol. The third kappa shape index (κ3) is 10.5. The summed E-state index contributed by atoms with van der Waals surface area (Å²) in [5.41, 5.74) is 1.57. The first-order valence-corrected chi connectivity index (χ1v) is 14.3. The predicted molar refractivity (Wildman–Crippen MR) is 156 cm³/mol. The molecule has 2 rings (SSSR count). The van der Waals surface area contributed by atoms with E-state index in [1.165, 1.54) is 13.2 Å². The molecular formula is C30H44N4O8. The lowest BCUT2D eigenvalue weighted by atomic mass is 9.90. The van der Waals surface area contributed by atoms with Gasteiger partial charge in [-0.3, -0.25) is 29.3 Å². The smallest absolute Gasteiger partial charge is 0.319 e. The standard InChI is InChI=1S/C30H44N4O8/c1-6-9-10-11-24(25(7-2)34(39)20-35)29(37)31-19-32-30(38)27-13-12-26(42-27)22-14-21(15-23(16-22)41-8-3)17-33(4)18-28(36)40-5/h12-16,20,24-25,39H,6-11,17-19H2,1-5H3,(H,31,37)(H,32,38)/t24?,25-/m1/s1. The van der Waals surface area contributed by atoms with Gasteiger partial charge in [-0.1, -0.05) is 33.1 Å². The van der Waals surface area contributed by atoms with E-state index >= 15 is 0 Å². The molecule has 0 aliphatic heterocycles. The number of hydrogen-bond donors (Lipinski definition) is 3. The number of carbonyl (C=O) groups excluding carboxylic acids is 4. The normalized spacial score (nSPS) is 12.4. The number of unbranched alkanes of at least 4 members (excludes halogenated alkanes) is 2. The van der Waals surface area contributed by atoms with Gasteiger partial charge in [0.15, 0.2) is 5.76 Å². The second kappa shape index (κ2) is 17.8. The summed E-state index contributed by atoms with van der Waals surface area (Å²) < 4.78 is 16.3. The van der Waals surface area contributed by atoms with Crippen molar-refractivity contribution < 1.29 is 38.3 Å². The average Bonchev–Trinajstić information content (AvgIpc) is 3.47. The highest BCUT2D eigenvalue weighted by molar-refractivity contribution is 5.92. The fourth-order valence-corrected chi connectivity index (χ4v) is 4.69. The SMILES string of the molecule is CCCCCC(C(=O)NCNC(=O)c1ccc(-c2cc(CN(C)CC(=O)OC)cc(OCC)c2)o1)[C@@H](CC)N(O)C=O. The first-order valence-electron chi connectivity index (χ1n) is 14.3. The molecule has 12 nitrogen and oxygen atoms in total. The number of likely N-dealkylation sites (N-methyl/N-ethyl adjacent to an activating group) is 1. The molecular weight excluding hydrogens is 544 g/mol. The van der Waals surface area contributed by atoms with Gasteiger partial charge in [0, 0.05) is 12.1 Å². The van der Waals surface area contributed by atoms with Crippen LogP contribution in [0.15, 0.2) is 34.7 Å². The van der Waals surface area contributed by atoms with E-state index in [4.69, 9.17) is 13.9 Å². The maximum absolute atomic E-state index is 13.0. The largest absolute Gasteiger partial charge is 0.494 e. The van der Waals surface area contributed by atoms with Crippen LogP contribution in [0.5, 0.6) is 5.75 Å². The van der Waals surface area contributed by atoms with Crippen LogP contribution in [0.1, 0.15) is 69.0 Å². The molecule has 0 radical (unpaired) electrons. The second-order valence-electron chi connectivity index (χ2n) is 10.00. The number of benzene rings is 1. The van der Waals surface area contributed by atoms with E-state index in [0.717, 1.165) is 24.8 Å². The maximum Gasteiger partial charge on any atom is 0.319 e. The molecule has 0 saturated heterocycles. The van der Waals surface area contributed by atoms with Gasteiger partial charge in [0.25, 0.3) is 5.91 Å². The van der Waals surface area contributed by atoms with Gasteiger partial charge in [-0.05, 0) is 62.7 Å². The van der Waals surface area contributed by atoms with Crippen LogP contribution >= 0.6 is 0 Å². The van der Waals surface area contributed by atoms with Crippen molar-refractivity contribution in [2.45, 2.75) is 65.5 Å². The Morgan fingerprint density at radius 1 is 1.10 bits per heavy atom. The van der Waals surface area contributed by atoms with Gasteiger partial charge in [0.1, 0.15) is 11.5 Å². The van der Waals surface area contributed by atoms with E-state index in [9.17, 15) is 24.4 Å². The van der Waals surface area contributed by atoms with Gasteiger partial charge in [0.05, 0.1) is 38.9 Å². The van der Waals surface area contributed by atoms with E-state index in [-0.39, 0.29) is 30.9 Å². The summed E-state index contributed by atoms with van der Waals surface area (Å²) in [5, 5.41) is 15.8. The molecule has 1 aromatic carbocycles. The third-order valence-corrected chi connectivity index (χ3v) is 6.77. The lowest BCUT2D eigenvalue weighted by molar-refractivity contribution is -0.168. The maximum atomic E-state index is 13.0. The van der Waals surface area contributed by atoms with Crippen molar-refractivity contribution in [1.82, 2.24) is 20.6 Å². The van der Waals surface area contributed by atoms with Crippen LogP contribution in [0, 0.1) is 5.92 Å². The first-order chi connectivity index (χ1) is 20.2. The number of hydroxylamine groups is 2. The Morgan fingerprint density at radius 3 is 2.50 bits per heavy atom. The zero-order valence-electron chi connectivity index (χ0n) is 25.2. The van der Waals surface area contributed by atoms with E-state index < -0.39 is 17.9 Å². The fraction of sp³-hybridized carbons (Fsp3) is 0.533. The molecule has 3 N–H and O–H groups in total. The van der Waals surface area contributed by atoms with Gasteiger partial charge in [-0.25, -0.2) is 5.06 Å². The van der Waals surface area contributed by atoms with Crippen LogP contribution in [-0.4, -0.2) is 79.4 Å². The summed E-state index contributed by atoms with van der Waals surface area (Å²) in [6, 6.07) is 8.12. The molecule has 232 valence electrons. The van der Waals surface area contributed by atoms with Crippen molar-refractivity contribution in [3.8, 4) is 17.1 Å². The summed E-state index contributed by atoms with van der Waals surface area (Å²) in [5.74, 6) is -0.729. The number of rotatable bonds is 19. The van der Waals surface area contributed by atoms with Crippen LogP contribution in [0.4, 0.5) is 0 Å². The van der Waals surface area contributed by atoms with Gasteiger partial charge < -0.3 is 24.5 Å². The number of nitrogens with one attached hydrogen (secondary N) is 2. The quantitative estimate of drug-likeness (QED) is 0.0559. The summed E-state index contributed by atoms with van der Waals surface area (Å²) in [7, 11) is 3.14. The van der Waals surface area contributed by atoms with Crippen molar-refractivity contribution in [2.75, 3.05) is 34.0 Å². The van der Waals surface area contributed by atoms with Crippen LogP contribution in [-0.2, 0) is 25.7 Å². The molecule has 1 unspecified atom stereocenters. The fourth-order valence-electron chi connectivity index (χ4n) is 4.69. The highest BCUT2D eigenvalue weighted by Gasteiger charge is 2.30. The Hall–Kier alpha value is -3.90. The minimum absolute atomic E-state index is 0.0545. The predicted octanol–water partition coefficient (Wildman–Crippen LogP) is 3.58. The molecule has 2 aromatic rings. The zero-order valence-corrected chi connectivity index (χ0v) is 25.2. The van der Waals surface area contributed by atoms with E-state index in [0.29, 0.717) is 54.5 Å². The summed E-state index contributed by atoms with van der Waals surface area (Å²) in [6.07, 6.45) is 3.86. The Bertz CT molecular complexity index is 1170. The molecule has 0 bridgehead atoms. The summed E-state index contributed by atoms with van der Waals surface area (Å²) >= 11 is 0. The van der Waals surface area contributed by atoms with E-state index in [1.807, 2.05) is 30.9 Å². The number of methoxy groups -OCH3 is 1. The highest BCUT2D eigenvalue weighted by Crippen LogP contribution is 2.29. The van der Waals surface area contributed by atoms with Crippen LogP contribution in [0.2, 0.25) is 0 Å². The minimum atomic E-state index is -0.666. The third-order valence-electron chi connectivity index (χ3n) is 6.77. The Morgan fingerprint density at radius 2 is 1.86 bits per heavy atom. The molecule has 0 saturated carbocycles. The molecule has 1 aromatic heterocycles. The Balaban J connectivity index is 2.08. The second-order valence-corrected chi connectivity index (χ2v) is 10.00. The van der Waals surface area contributed by atoms with Gasteiger partial charge in [-0.15, -0.1) is 0 Å². The Labute approximate surface area is 247 Å². The van der Waals surface area contributed by atoms with Crippen LogP contribution in [0.3, 0.4) is 0 Å². The number of nitrogens with zero attached hydrogens (tertiary/aromatic N) is 2. The zero-order chi connectivity index (χ0) is 31.1. The Kier molecular flexibility index (Phi) is 14.5. The number of furan rings is 1. The number of esters is 1. The topological polar surface area (TPSA) is 151 Å². The minimum Gasteiger partial charge on any atom is -0.494 e. The van der Waals surface area contributed by atoms with E-state index in [1.54, 1.807) is 26.1 Å². The summed E-state index contributed by atoms with van der Waals surface area (Å²) in [6.45, 7) is 6.60. The lowest BCUT2D eigenvalue weighted by Gasteiger charge is -2.29. The van der Waals surface area contributed by atoms with Gasteiger partial charge >= 0.3 is 5.97 Å². The molecule has 42 heavy (non-hydrogen) atoms. The number of carbonyl (C=O) groups is 4. The van der Waals surface area contributed by atoms with E-state index in [2.05, 4.69) is 10.6 Å². The number of amides is 3. The lowest BCUT2D eigenvalue weighted by Crippen LogP contribution is -2.47. The van der Waals surface area contributed by atoms with Crippen molar-refractivity contribution in [3.05, 3.63) is 41.7 Å². The summed E-state index contributed by atoms with van der Waals surface area (Å²) in [4.78, 5) is 50.3. The molecule has 1 heterocycles. The molecule has 0 aliphatic carbocycles. The van der Waals surface area contributed by atoms with Crippen molar-refractivity contribution in [1.29, 1.82) is 0 Å². The molecule has 3 amide bonds. The van der Waals surface area contributed by atoms with Gasteiger partial charge in [0.2, 0.25) is 12.3 Å².